The van der Waals surface area contributed by atoms with Gasteiger partial charge in [0.1, 0.15) is 0 Å². The van der Waals surface area contributed by atoms with E-state index in [2.05, 4.69) is 9.97 Å². The van der Waals surface area contributed by atoms with Crippen molar-refractivity contribution >= 4 is 5.95 Å². The second-order valence-electron chi connectivity index (χ2n) is 3.52. The van der Waals surface area contributed by atoms with Crippen LogP contribution in [0.3, 0.4) is 0 Å². The summed E-state index contributed by atoms with van der Waals surface area (Å²) in [6.45, 7) is 0. The number of hydrogen-bond donors (Lipinski definition) is 1. The predicted molar refractivity (Wildman–Crippen MR) is 49.4 cm³/mol. The van der Waals surface area contributed by atoms with Gasteiger partial charge in [0.25, 0.3) is 0 Å². The Morgan fingerprint density at radius 3 is 2.50 bits per heavy atom. The normalized spacial score (nSPS) is 25.6. The molecule has 0 aliphatic heterocycles. The first-order valence-corrected chi connectivity index (χ1v) is 4.57. The molecule has 1 fully saturated rings. The molecule has 0 bridgehead atoms. The molecule has 4 nitrogen and oxygen atoms in total. The fourth-order valence-corrected chi connectivity index (χ4v) is 1.55. The van der Waals surface area contributed by atoms with Crippen molar-refractivity contribution in [2.24, 2.45) is 0 Å². The van der Waals surface area contributed by atoms with Crippen molar-refractivity contribution in [1.29, 1.82) is 0 Å². The Balaban J connectivity index is 2.10. The molecule has 1 heterocycles. The molecule has 0 radical (unpaired) electrons. The third kappa shape index (κ3) is 1.55. The molecule has 0 aromatic carbocycles. The van der Waals surface area contributed by atoms with Gasteiger partial charge in [-0.1, -0.05) is 0 Å². The monoisotopic (exact) mass is 197 g/mol. The zero-order valence-corrected chi connectivity index (χ0v) is 7.89. The van der Waals surface area contributed by atoms with Crippen molar-refractivity contribution in [2.75, 3.05) is 11.9 Å². The van der Waals surface area contributed by atoms with E-state index in [1.54, 1.807) is 11.9 Å². The van der Waals surface area contributed by atoms with E-state index in [4.69, 9.17) is 0 Å². The Morgan fingerprint density at radius 2 is 2.07 bits per heavy atom. The van der Waals surface area contributed by atoms with Crippen LogP contribution in [0.2, 0.25) is 0 Å². The van der Waals surface area contributed by atoms with Gasteiger partial charge in [0, 0.05) is 7.05 Å². The third-order valence-corrected chi connectivity index (χ3v) is 2.62. The van der Waals surface area contributed by atoms with E-state index in [0.717, 1.165) is 25.2 Å². The molecule has 0 spiro atoms. The fraction of sp³-hybridized carbons (Fsp3) is 0.556. The minimum Gasteiger partial charge on any atom is -0.391 e. The van der Waals surface area contributed by atoms with Gasteiger partial charge in [0.15, 0.2) is 5.82 Å². The highest BCUT2D eigenvalue weighted by Gasteiger charge is 2.33. The van der Waals surface area contributed by atoms with Gasteiger partial charge >= 0.3 is 0 Å². The molecule has 76 valence electrons. The molecule has 2 unspecified atom stereocenters. The number of nitrogens with zero attached hydrogens (tertiary/aromatic N) is 3. The van der Waals surface area contributed by atoms with Crippen LogP contribution < -0.4 is 4.90 Å². The van der Waals surface area contributed by atoms with E-state index in [1.807, 2.05) is 0 Å². The Labute approximate surface area is 81.4 Å². The highest BCUT2D eigenvalue weighted by molar-refractivity contribution is 5.31. The zero-order valence-electron chi connectivity index (χ0n) is 7.89. The van der Waals surface area contributed by atoms with Crippen LogP contribution in [0.15, 0.2) is 12.4 Å². The van der Waals surface area contributed by atoms with E-state index < -0.39 is 5.82 Å². The number of aromatic nitrogens is 2. The van der Waals surface area contributed by atoms with Crippen molar-refractivity contribution in [3.63, 3.8) is 0 Å². The van der Waals surface area contributed by atoms with Crippen molar-refractivity contribution in [3.8, 4) is 0 Å². The summed E-state index contributed by atoms with van der Waals surface area (Å²) >= 11 is 0. The molecule has 5 heteroatoms. The highest BCUT2D eigenvalue weighted by atomic mass is 19.1. The van der Waals surface area contributed by atoms with Crippen molar-refractivity contribution in [3.05, 3.63) is 18.2 Å². The van der Waals surface area contributed by atoms with Crippen LogP contribution in [0.25, 0.3) is 0 Å². The molecule has 0 saturated heterocycles. The maximum atomic E-state index is 12.5. The summed E-state index contributed by atoms with van der Waals surface area (Å²) in [6.07, 6.45) is 3.69. The fourth-order valence-electron chi connectivity index (χ4n) is 1.55. The lowest BCUT2D eigenvalue weighted by Gasteiger charge is -2.39. The quantitative estimate of drug-likeness (QED) is 0.753. The molecule has 1 aromatic heterocycles. The van der Waals surface area contributed by atoms with Gasteiger partial charge in [-0.25, -0.2) is 14.4 Å². The van der Waals surface area contributed by atoms with Crippen molar-refractivity contribution in [2.45, 2.75) is 25.0 Å². The second-order valence-corrected chi connectivity index (χ2v) is 3.52. The molecule has 2 rings (SSSR count). The first kappa shape index (κ1) is 9.33. The van der Waals surface area contributed by atoms with Crippen LogP contribution >= 0.6 is 0 Å². The smallest absolute Gasteiger partial charge is 0.225 e. The topological polar surface area (TPSA) is 49.2 Å². The minimum absolute atomic E-state index is 0.0699. The first-order valence-electron chi connectivity index (χ1n) is 4.57. The number of rotatable bonds is 2. The van der Waals surface area contributed by atoms with Gasteiger partial charge < -0.3 is 10.0 Å². The molecule has 0 amide bonds. The lowest BCUT2D eigenvalue weighted by molar-refractivity contribution is 0.0662. The number of aliphatic hydroxyl groups excluding tert-OH is 1. The van der Waals surface area contributed by atoms with Gasteiger partial charge in [-0.2, -0.15) is 0 Å². The largest absolute Gasteiger partial charge is 0.391 e. The molecule has 1 aliphatic carbocycles. The van der Waals surface area contributed by atoms with Crippen LogP contribution in [0.1, 0.15) is 12.8 Å². The number of aliphatic hydroxyl groups is 1. The Morgan fingerprint density at radius 1 is 1.43 bits per heavy atom. The van der Waals surface area contributed by atoms with Gasteiger partial charge in [0.2, 0.25) is 5.95 Å². The van der Waals surface area contributed by atoms with Gasteiger partial charge in [-0.3, -0.25) is 0 Å². The number of likely N-dealkylation sites (N-methyl/N-ethyl adjacent to an activating group) is 1. The molecule has 14 heavy (non-hydrogen) atoms. The molecule has 1 aliphatic rings. The lowest BCUT2D eigenvalue weighted by atomic mass is 9.88. The maximum Gasteiger partial charge on any atom is 0.225 e. The maximum absolute atomic E-state index is 12.5. The summed E-state index contributed by atoms with van der Waals surface area (Å²) in [4.78, 5) is 9.47. The van der Waals surface area contributed by atoms with E-state index in [-0.39, 0.29) is 12.1 Å². The summed E-state index contributed by atoms with van der Waals surface area (Å²) in [7, 11) is 1.81. The molecule has 1 N–H and O–H groups in total. The average Bonchev–Trinajstić information content (AvgIpc) is 2.16. The van der Waals surface area contributed by atoms with Crippen LogP contribution in [0.4, 0.5) is 10.3 Å². The van der Waals surface area contributed by atoms with Gasteiger partial charge in [-0.05, 0) is 12.8 Å². The first-order chi connectivity index (χ1) is 6.68. The van der Waals surface area contributed by atoms with Crippen molar-refractivity contribution in [1.82, 2.24) is 9.97 Å². The highest BCUT2D eigenvalue weighted by Crippen LogP contribution is 2.26. The minimum atomic E-state index is -0.448. The van der Waals surface area contributed by atoms with E-state index in [0.29, 0.717) is 5.95 Å². The molecular weight excluding hydrogens is 185 g/mol. The van der Waals surface area contributed by atoms with E-state index in [1.165, 1.54) is 0 Å². The molecule has 2 atom stereocenters. The van der Waals surface area contributed by atoms with Gasteiger partial charge in [0.05, 0.1) is 24.5 Å². The summed E-state index contributed by atoms with van der Waals surface area (Å²) in [6, 6.07) is 0.0699. The summed E-state index contributed by atoms with van der Waals surface area (Å²) in [5, 5.41) is 9.42. The van der Waals surface area contributed by atoms with E-state index >= 15 is 0 Å². The van der Waals surface area contributed by atoms with Gasteiger partial charge in [-0.15, -0.1) is 0 Å². The predicted octanol–water partition coefficient (Wildman–Crippen LogP) is 0.575. The average molecular weight is 197 g/mol. The van der Waals surface area contributed by atoms with Crippen LogP contribution in [0.5, 0.6) is 0 Å². The van der Waals surface area contributed by atoms with Crippen LogP contribution in [-0.4, -0.2) is 34.3 Å². The summed E-state index contributed by atoms with van der Waals surface area (Å²) in [5.74, 6) is 0.00598. The number of anilines is 1. The zero-order chi connectivity index (χ0) is 10.1. The Bertz CT molecular complexity index is 316. The standard InChI is InChI=1S/C9H12FN3O/c1-13(7-2-3-8(7)14)9-11-4-6(10)5-12-9/h4-5,7-8,14H,2-3H2,1H3. The Kier molecular flexibility index (Phi) is 2.33. The Hall–Kier alpha value is -1.23. The SMILES string of the molecule is CN(c1ncc(F)cn1)C1CCC1O. The van der Waals surface area contributed by atoms with Crippen LogP contribution in [0, 0.1) is 5.82 Å². The molecular formula is C9H12FN3O. The van der Waals surface area contributed by atoms with Crippen LogP contribution in [-0.2, 0) is 0 Å². The molecule has 1 saturated carbocycles. The molecule has 1 aromatic rings. The number of halogens is 1. The summed E-state index contributed by atoms with van der Waals surface area (Å²) < 4.78 is 12.5. The van der Waals surface area contributed by atoms with Crippen molar-refractivity contribution < 1.29 is 9.50 Å². The van der Waals surface area contributed by atoms with E-state index in [9.17, 15) is 9.50 Å². The third-order valence-electron chi connectivity index (χ3n) is 2.62. The second kappa shape index (κ2) is 3.49. The number of hydrogen-bond acceptors (Lipinski definition) is 4. The summed E-state index contributed by atoms with van der Waals surface area (Å²) in [5.41, 5.74) is 0. The lowest BCUT2D eigenvalue weighted by Crippen LogP contribution is -2.49.